The van der Waals surface area contributed by atoms with E-state index in [1.165, 1.54) is 0 Å². The summed E-state index contributed by atoms with van der Waals surface area (Å²) in [6.07, 6.45) is 0. The monoisotopic (exact) mass is 343 g/mol. The average molecular weight is 344 g/mol. The molecule has 0 aliphatic rings. The fraction of sp³-hybridized carbons (Fsp3) is 0.235. The lowest BCUT2D eigenvalue weighted by Gasteiger charge is -2.13. The minimum Gasteiger partial charge on any atom is -0.488 e. The van der Waals surface area contributed by atoms with Gasteiger partial charge in [0.05, 0.1) is 0 Å². The Morgan fingerprint density at radius 2 is 1.83 bits per heavy atom. The summed E-state index contributed by atoms with van der Waals surface area (Å²) in [5.41, 5.74) is 1.98. The number of nitrogens with one attached hydrogen (secondary N) is 1. The number of ether oxygens (including phenoxy) is 1. The summed E-state index contributed by atoms with van der Waals surface area (Å²) in [5.74, 6) is 1.44. The quantitative estimate of drug-likeness (QED) is 0.710. The van der Waals surface area contributed by atoms with Gasteiger partial charge in [-0.3, -0.25) is 0 Å². The second kappa shape index (κ2) is 7.79. The predicted molar refractivity (Wildman–Crippen MR) is 93.0 cm³/mol. The van der Waals surface area contributed by atoms with E-state index in [0.29, 0.717) is 30.7 Å². The van der Waals surface area contributed by atoms with Crippen LogP contribution in [0.15, 0.2) is 48.5 Å². The maximum atomic E-state index is 6.18. The highest BCUT2D eigenvalue weighted by Gasteiger charge is 2.08. The molecular weight excluding hydrogens is 326 g/mol. The van der Waals surface area contributed by atoms with Crippen LogP contribution in [0.25, 0.3) is 0 Å². The molecule has 1 N–H and O–H groups in total. The van der Waals surface area contributed by atoms with Crippen LogP contribution in [0.3, 0.4) is 0 Å². The van der Waals surface area contributed by atoms with Crippen molar-refractivity contribution in [1.29, 1.82) is 0 Å². The van der Waals surface area contributed by atoms with Gasteiger partial charge in [-0.2, -0.15) is 0 Å². The Morgan fingerprint density at radius 1 is 1.08 bits per heavy atom. The van der Waals surface area contributed by atoms with Gasteiger partial charge in [0.1, 0.15) is 12.4 Å². The van der Waals surface area contributed by atoms with Gasteiger partial charge in [0.15, 0.2) is 0 Å². The number of nitrogens with zero attached hydrogens (tertiary/aromatic N) is 4. The lowest BCUT2D eigenvalue weighted by atomic mass is 10.2. The molecule has 0 bridgehead atoms. The fourth-order valence-electron chi connectivity index (χ4n) is 2.28. The Morgan fingerprint density at radius 3 is 2.62 bits per heavy atom. The van der Waals surface area contributed by atoms with Gasteiger partial charge in [0.25, 0.3) is 0 Å². The molecule has 0 saturated heterocycles. The maximum Gasteiger partial charge on any atom is 0.243 e. The van der Waals surface area contributed by atoms with Crippen molar-refractivity contribution >= 4 is 17.5 Å². The fourth-order valence-corrected chi connectivity index (χ4v) is 2.47. The van der Waals surface area contributed by atoms with Gasteiger partial charge in [-0.05, 0) is 29.5 Å². The van der Waals surface area contributed by atoms with Crippen molar-refractivity contribution in [3.8, 4) is 5.75 Å². The molecule has 6 nitrogen and oxygen atoms in total. The van der Waals surface area contributed by atoms with Crippen molar-refractivity contribution < 1.29 is 4.74 Å². The Hall–Kier alpha value is -2.60. The summed E-state index contributed by atoms with van der Waals surface area (Å²) in [5, 5.41) is 15.5. The van der Waals surface area contributed by atoms with Crippen LogP contribution in [0, 0.1) is 0 Å². The largest absolute Gasteiger partial charge is 0.488 e. The molecule has 0 fully saturated rings. The third-order valence-corrected chi connectivity index (χ3v) is 3.95. The van der Waals surface area contributed by atoms with Crippen molar-refractivity contribution in [2.24, 2.45) is 0 Å². The molecule has 0 aliphatic heterocycles. The molecule has 2 aromatic carbocycles. The first-order chi connectivity index (χ1) is 11.8. The average Bonchev–Trinajstić information content (AvgIpc) is 3.07. The van der Waals surface area contributed by atoms with Crippen LogP contribution in [0.5, 0.6) is 5.75 Å². The van der Waals surface area contributed by atoms with Crippen molar-refractivity contribution in [2.75, 3.05) is 5.32 Å². The van der Waals surface area contributed by atoms with Crippen LogP contribution in [0.2, 0.25) is 5.02 Å². The third-order valence-electron chi connectivity index (χ3n) is 3.58. The van der Waals surface area contributed by atoms with Crippen LogP contribution in [-0.4, -0.2) is 20.2 Å². The van der Waals surface area contributed by atoms with E-state index in [-0.39, 0.29) is 0 Å². The van der Waals surface area contributed by atoms with Gasteiger partial charge in [-0.25, -0.2) is 4.68 Å². The standard InChI is InChI=1S/C17H18ClN5O/c1-2-23-17(20-21-22-23)19-11-13-7-4-6-10-16(13)24-12-14-8-3-5-9-15(14)18/h3-10H,2,11-12H2,1H3,(H,19,20,22). The number of hydrogen-bond donors (Lipinski definition) is 1. The van der Waals surface area contributed by atoms with Crippen LogP contribution in [0.4, 0.5) is 5.95 Å². The lowest BCUT2D eigenvalue weighted by Crippen LogP contribution is -2.09. The molecule has 0 spiro atoms. The summed E-state index contributed by atoms with van der Waals surface area (Å²) in [4.78, 5) is 0. The number of benzene rings is 2. The van der Waals surface area contributed by atoms with Gasteiger partial charge in [0.2, 0.25) is 5.95 Å². The van der Waals surface area contributed by atoms with E-state index >= 15 is 0 Å². The van der Waals surface area contributed by atoms with E-state index < -0.39 is 0 Å². The summed E-state index contributed by atoms with van der Waals surface area (Å²) in [7, 11) is 0. The van der Waals surface area contributed by atoms with Gasteiger partial charge in [0, 0.05) is 29.2 Å². The van der Waals surface area contributed by atoms with Gasteiger partial charge >= 0.3 is 0 Å². The third kappa shape index (κ3) is 3.83. The molecule has 7 heteroatoms. The lowest BCUT2D eigenvalue weighted by molar-refractivity contribution is 0.303. The van der Waals surface area contributed by atoms with E-state index in [4.69, 9.17) is 16.3 Å². The number of tetrazole rings is 1. The van der Waals surface area contributed by atoms with Crippen molar-refractivity contribution in [1.82, 2.24) is 20.2 Å². The molecule has 3 rings (SSSR count). The number of para-hydroxylation sites is 1. The molecule has 0 unspecified atom stereocenters. The van der Waals surface area contributed by atoms with Crippen LogP contribution in [0.1, 0.15) is 18.1 Å². The van der Waals surface area contributed by atoms with Crippen LogP contribution < -0.4 is 10.1 Å². The molecule has 1 heterocycles. The topological polar surface area (TPSA) is 64.9 Å². The minimum atomic E-state index is 0.420. The smallest absolute Gasteiger partial charge is 0.243 e. The number of anilines is 1. The van der Waals surface area contributed by atoms with Crippen molar-refractivity contribution in [2.45, 2.75) is 26.6 Å². The Kier molecular flexibility index (Phi) is 5.28. The van der Waals surface area contributed by atoms with E-state index in [1.807, 2.05) is 55.5 Å². The molecule has 0 saturated carbocycles. The second-order valence-corrected chi connectivity index (χ2v) is 5.57. The summed E-state index contributed by atoms with van der Waals surface area (Å²) >= 11 is 6.18. The van der Waals surface area contributed by atoms with Crippen molar-refractivity contribution in [3.05, 3.63) is 64.7 Å². The van der Waals surface area contributed by atoms with E-state index in [9.17, 15) is 0 Å². The van der Waals surface area contributed by atoms with Gasteiger partial charge in [-0.1, -0.05) is 53.1 Å². The predicted octanol–water partition coefficient (Wildman–Crippen LogP) is 3.54. The summed E-state index contributed by atoms with van der Waals surface area (Å²) < 4.78 is 7.65. The molecule has 1 aromatic heterocycles. The molecule has 3 aromatic rings. The highest BCUT2D eigenvalue weighted by Crippen LogP contribution is 2.22. The zero-order chi connectivity index (χ0) is 16.8. The van der Waals surface area contributed by atoms with E-state index in [2.05, 4.69) is 20.8 Å². The first kappa shape index (κ1) is 16.3. The number of halogens is 1. The van der Waals surface area contributed by atoms with Crippen LogP contribution >= 0.6 is 11.6 Å². The first-order valence-electron chi connectivity index (χ1n) is 7.72. The molecule has 0 atom stereocenters. The SMILES string of the molecule is CCn1nnnc1NCc1ccccc1OCc1ccccc1Cl. The number of hydrogen-bond acceptors (Lipinski definition) is 5. The Labute approximate surface area is 145 Å². The van der Waals surface area contributed by atoms with Gasteiger partial charge < -0.3 is 10.1 Å². The minimum absolute atomic E-state index is 0.420. The molecule has 0 aliphatic carbocycles. The van der Waals surface area contributed by atoms with Gasteiger partial charge in [-0.15, -0.1) is 0 Å². The molecular formula is C17H18ClN5O. The van der Waals surface area contributed by atoms with E-state index in [0.717, 1.165) is 16.9 Å². The second-order valence-electron chi connectivity index (χ2n) is 5.16. The van der Waals surface area contributed by atoms with E-state index in [1.54, 1.807) is 4.68 Å². The number of rotatable bonds is 7. The maximum absolute atomic E-state index is 6.18. The zero-order valence-electron chi connectivity index (χ0n) is 13.3. The Balaban J connectivity index is 1.68. The molecule has 0 radical (unpaired) electrons. The Bertz CT molecular complexity index is 805. The highest BCUT2D eigenvalue weighted by atomic mass is 35.5. The summed E-state index contributed by atoms with van der Waals surface area (Å²) in [6, 6.07) is 15.5. The molecule has 24 heavy (non-hydrogen) atoms. The molecule has 0 amide bonds. The molecule has 124 valence electrons. The number of aryl methyl sites for hydroxylation is 1. The van der Waals surface area contributed by atoms with Crippen molar-refractivity contribution in [3.63, 3.8) is 0 Å². The zero-order valence-corrected chi connectivity index (χ0v) is 14.1. The van der Waals surface area contributed by atoms with Crippen LogP contribution in [-0.2, 0) is 19.7 Å². The highest BCUT2D eigenvalue weighted by molar-refractivity contribution is 6.31. The number of aromatic nitrogens is 4. The normalized spacial score (nSPS) is 10.6. The first-order valence-corrected chi connectivity index (χ1v) is 8.10. The summed E-state index contributed by atoms with van der Waals surface area (Å²) in [6.45, 7) is 3.69.